The molecule has 2 N–H and O–H groups in total. The van der Waals surface area contributed by atoms with Gasteiger partial charge in [0.15, 0.2) is 17.0 Å². The van der Waals surface area contributed by atoms with Gasteiger partial charge in [-0.1, -0.05) is 5.16 Å². The van der Waals surface area contributed by atoms with E-state index in [9.17, 15) is 41.4 Å². The fourth-order valence-electron chi connectivity index (χ4n) is 5.26. The molecule has 1 spiro atoms. The number of carbonyl (C=O) groups is 2. The van der Waals surface area contributed by atoms with Crippen LogP contribution in [0.25, 0.3) is 0 Å². The molecule has 3 atom stereocenters. The summed E-state index contributed by atoms with van der Waals surface area (Å²) in [7, 11) is 0. The first-order valence-corrected chi connectivity index (χ1v) is 11.7. The van der Waals surface area contributed by atoms with E-state index in [4.69, 9.17) is 4.84 Å². The Morgan fingerprint density at radius 3 is 2.58 bits per heavy atom. The van der Waals surface area contributed by atoms with Crippen molar-refractivity contribution in [3.05, 3.63) is 62.8 Å². The van der Waals surface area contributed by atoms with E-state index in [0.29, 0.717) is 18.6 Å². The molecule has 0 aliphatic carbocycles. The minimum atomic E-state index is -2.88. The average Bonchev–Trinajstić information content (AvgIpc) is 3.24. The highest BCUT2D eigenvalue weighted by Gasteiger charge is 2.55. The van der Waals surface area contributed by atoms with Crippen molar-refractivity contribution < 1.29 is 41.5 Å². The van der Waals surface area contributed by atoms with E-state index in [1.807, 2.05) is 0 Å². The fourth-order valence-corrected chi connectivity index (χ4v) is 5.26. The monoisotopic (exact) mass is 540 g/mol. The number of aromatic hydroxyl groups is 1. The molecule has 2 bridgehead atoms. The van der Waals surface area contributed by atoms with Gasteiger partial charge in [-0.2, -0.15) is 0 Å². The van der Waals surface area contributed by atoms with Crippen LogP contribution in [0.1, 0.15) is 58.6 Å². The Morgan fingerprint density at radius 2 is 1.95 bits per heavy atom. The van der Waals surface area contributed by atoms with Crippen LogP contribution < -0.4 is 10.7 Å². The predicted octanol–water partition coefficient (Wildman–Crippen LogP) is 2.86. The first-order chi connectivity index (χ1) is 17.9. The predicted molar refractivity (Wildman–Crippen MR) is 120 cm³/mol. The molecule has 1 fully saturated rings. The lowest BCUT2D eigenvalue weighted by atomic mass is 9.84. The second-order valence-corrected chi connectivity index (χ2v) is 9.58. The Bertz CT molecular complexity index is 1420. The van der Waals surface area contributed by atoms with E-state index in [2.05, 4.69) is 10.5 Å². The number of oxime groups is 1. The number of halogens is 5. The summed E-state index contributed by atoms with van der Waals surface area (Å²) in [6.45, 7) is 0.942. The zero-order valence-corrected chi connectivity index (χ0v) is 19.8. The van der Waals surface area contributed by atoms with Gasteiger partial charge in [-0.3, -0.25) is 14.4 Å². The van der Waals surface area contributed by atoms with Crippen molar-refractivity contribution in [2.24, 2.45) is 5.16 Å². The van der Waals surface area contributed by atoms with Gasteiger partial charge in [0.1, 0.15) is 28.7 Å². The van der Waals surface area contributed by atoms with Gasteiger partial charge in [0.25, 0.3) is 18.2 Å². The molecule has 0 saturated carbocycles. The first kappa shape index (κ1) is 25.7. The minimum absolute atomic E-state index is 0.0333. The van der Waals surface area contributed by atoms with Crippen LogP contribution in [-0.2, 0) is 11.4 Å². The largest absolute Gasteiger partial charge is 0.503 e. The summed E-state index contributed by atoms with van der Waals surface area (Å²) < 4.78 is 69.2. The standard InChI is InChI=1S/C24H21F5N4O5/c1-10-2-3-24(6-16(21(28)29)31-38-24)17-9-32(10)23(37)18-20(35)19(34)13(8-33(17)18)22(36)30-7-12-14(26)4-11(25)5-15(12)27/h4-5,8,10,17,21,35H,2-3,6-7,9H2,1H3,(H,30,36)/t10-,17+,24-/m0/s1. The van der Waals surface area contributed by atoms with Crippen LogP contribution in [-0.4, -0.2) is 56.7 Å². The number of nitrogens with zero attached hydrogens (tertiary/aromatic N) is 3. The summed E-state index contributed by atoms with van der Waals surface area (Å²) in [5.41, 5.74) is -4.84. The number of hydrogen-bond acceptors (Lipinski definition) is 6. The van der Waals surface area contributed by atoms with E-state index < -0.39 is 87.6 Å². The smallest absolute Gasteiger partial charge is 0.279 e. The summed E-state index contributed by atoms with van der Waals surface area (Å²) in [6.07, 6.45) is -1.60. The van der Waals surface area contributed by atoms with Crippen molar-refractivity contribution in [2.45, 2.75) is 56.8 Å². The number of benzene rings is 1. The van der Waals surface area contributed by atoms with E-state index in [0.717, 1.165) is 10.8 Å². The van der Waals surface area contributed by atoms with Crippen molar-refractivity contribution in [3.63, 3.8) is 0 Å². The summed E-state index contributed by atoms with van der Waals surface area (Å²) in [5, 5.41) is 16.4. The van der Waals surface area contributed by atoms with E-state index >= 15 is 0 Å². The molecule has 5 rings (SSSR count). The first-order valence-electron chi connectivity index (χ1n) is 11.7. The molecule has 2 aromatic rings. The molecule has 3 aliphatic heterocycles. The highest BCUT2D eigenvalue weighted by molar-refractivity contribution is 5.99. The van der Waals surface area contributed by atoms with Crippen molar-refractivity contribution in [1.29, 1.82) is 0 Å². The molecule has 1 aromatic heterocycles. The van der Waals surface area contributed by atoms with Crippen LogP contribution >= 0.6 is 0 Å². The van der Waals surface area contributed by atoms with Crippen LogP contribution in [0.2, 0.25) is 0 Å². The molecule has 3 aliphatic rings. The molecule has 1 saturated heterocycles. The third-order valence-electron chi connectivity index (χ3n) is 7.36. The van der Waals surface area contributed by atoms with Gasteiger partial charge in [0.05, 0.1) is 6.04 Å². The Morgan fingerprint density at radius 1 is 1.26 bits per heavy atom. The minimum Gasteiger partial charge on any atom is -0.503 e. The van der Waals surface area contributed by atoms with Crippen molar-refractivity contribution in [2.75, 3.05) is 6.54 Å². The number of nitrogens with one attached hydrogen (secondary N) is 1. The van der Waals surface area contributed by atoms with Crippen molar-refractivity contribution >= 4 is 17.5 Å². The molecule has 2 amide bonds. The fraction of sp³-hybridized carbons (Fsp3) is 0.417. The van der Waals surface area contributed by atoms with Crippen LogP contribution in [0.5, 0.6) is 5.75 Å². The number of aromatic nitrogens is 1. The molecule has 0 radical (unpaired) electrons. The summed E-state index contributed by atoms with van der Waals surface area (Å²) in [5.74, 6) is -6.58. The maximum Gasteiger partial charge on any atom is 0.279 e. The SMILES string of the molecule is C[C@H]1CC[C@]2(CC(C(F)F)=NO2)[C@H]2CN1C(=O)c1c(O)c(=O)c(C(=O)NCc3c(F)cc(F)cc3F)cn12. The number of pyridine rings is 1. The number of fused-ring (bicyclic) bond motifs is 5. The quantitative estimate of drug-likeness (QED) is 0.580. The Kier molecular flexibility index (Phi) is 6.15. The van der Waals surface area contributed by atoms with E-state index in [1.54, 1.807) is 6.92 Å². The number of rotatable bonds is 4. The van der Waals surface area contributed by atoms with Crippen molar-refractivity contribution in [1.82, 2.24) is 14.8 Å². The second-order valence-electron chi connectivity index (χ2n) is 9.58. The third-order valence-corrected chi connectivity index (χ3v) is 7.36. The molecule has 38 heavy (non-hydrogen) atoms. The highest BCUT2D eigenvalue weighted by atomic mass is 19.3. The summed E-state index contributed by atoms with van der Waals surface area (Å²) in [4.78, 5) is 46.0. The number of hydrogen-bond donors (Lipinski definition) is 2. The number of amides is 2. The van der Waals surface area contributed by atoms with Gasteiger partial charge in [0, 0.05) is 49.4 Å². The second kappa shape index (κ2) is 9.10. The molecule has 14 heteroatoms. The third kappa shape index (κ3) is 3.98. The molecular weight excluding hydrogens is 519 g/mol. The van der Waals surface area contributed by atoms with Gasteiger partial charge in [-0.05, 0) is 19.8 Å². The Labute approximate surface area is 211 Å². The maximum absolute atomic E-state index is 14.0. The normalized spacial score (nSPS) is 24.2. The Hall–Kier alpha value is -3.97. The maximum atomic E-state index is 14.0. The lowest BCUT2D eigenvalue weighted by molar-refractivity contribution is -0.0655. The molecule has 1 aromatic carbocycles. The molecule has 202 valence electrons. The lowest BCUT2D eigenvalue weighted by Crippen LogP contribution is -2.52. The van der Waals surface area contributed by atoms with Gasteiger partial charge in [0.2, 0.25) is 5.43 Å². The Balaban J connectivity index is 1.55. The molecular formula is C24H21F5N4O5. The van der Waals surface area contributed by atoms with E-state index in [-0.39, 0.29) is 25.4 Å². The van der Waals surface area contributed by atoms with Crippen LogP contribution in [0, 0.1) is 17.5 Å². The summed E-state index contributed by atoms with van der Waals surface area (Å²) >= 11 is 0. The number of alkyl halides is 2. The zero-order chi connectivity index (χ0) is 27.5. The average molecular weight is 540 g/mol. The van der Waals surface area contributed by atoms with Gasteiger partial charge in [-0.15, -0.1) is 0 Å². The van der Waals surface area contributed by atoms with Gasteiger partial charge < -0.3 is 24.7 Å². The number of carbonyl (C=O) groups excluding carboxylic acids is 2. The van der Waals surface area contributed by atoms with Crippen LogP contribution in [0.3, 0.4) is 0 Å². The van der Waals surface area contributed by atoms with Crippen molar-refractivity contribution in [3.8, 4) is 5.75 Å². The van der Waals surface area contributed by atoms with Crippen LogP contribution in [0.4, 0.5) is 22.0 Å². The molecule has 4 heterocycles. The van der Waals surface area contributed by atoms with Crippen LogP contribution in [0.15, 0.2) is 28.3 Å². The van der Waals surface area contributed by atoms with Gasteiger partial charge in [-0.25, -0.2) is 22.0 Å². The topological polar surface area (TPSA) is 113 Å². The summed E-state index contributed by atoms with van der Waals surface area (Å²) in [6, 6.07) is -0.447. The lowest BCUT2D eigenvalue weighted by Gasteiger charge is -2.41. The zero-order valence-electron chi connectivity index (χ0n) is 19.8. The van der Waals surface area contributed by atoms with Gasteiger partial charge >= 0.3 is 0 Å². The highest BCUT2D eigenvalue weighted by Crippen LogP contribution is 2.46. The molecule has 0 unspecified atom stereocenters. The van der Waals surface area contributed by atoms with E-state index in [1.165, 1.54) is 4.90 Å². The molecule has 9 nitrogen and oxygen atoms in total.